The Kier molecular flexibility index (Phi) is 62.9. The van der Waals surface area contributed by atoms with Crippen LogP contribution >= 0.6 is 0 Å². The van der Waals surface area contributed by atoms with Crippen LogP contribution < -0.4 is 5.32 Å². The minimum Gasteiger partial charge on any atom is -0.394 e. The van der Waals surface area contributed by atoms with Crippen LogP contribution in [0.5, 0.6) is 0 Å². The second kappa shape index (κ2) is 66.7. The zero-order valence-corrected chi connectivity index (χ0v) is 62.4. The van der Waals surface area contributed by atoms with Crippen LogP contribution in [-0.4, -0.2) is 140 Å². The number of carbonyl (C=O) groups excluding carboxylic acids is 1. The Labute approximate surface area is 589 Å². The summed E-state index contributed by atoms with van der Waals surface area (Å²) < 4.78 is 22.9. The van der Waals surface area contributed by atoms with Crippen LogP contribution in [0.25, 0.3) is 0 Å². The van der Waals surface area contributed by atoms with Crippen LogP contribution in [0.4, 0.5) is 0 Å². The lowest BCUT2D eigenvalue weighted by Crippen LogP contribution is -2.65. The molecule has 0 saturated carbocycles. The number of allylic oxidation sites excluding steroid dienone is 3. The summed E-state index contributed by atoms with van der Waals surface area (Å²) in [7, 11) is 0. The van der Waals surface area contributed by atoms with Gasteiger partial charge in [0.05, 0.1) is 32.0 Å². The molecule has 12 atom stereocenters. The molecular weight excluding hydrogens is 1210 g/mol. The van der Waals surface area contributed by atoms with E-state index in [4.69, 9.17) is 18.9 Å². The number of carbonyl (C=O) groups is 1. The van der Waals surface area contributed by atoms with Gasteiger partial charge in [0.15, 0.2) is 12.6 Å². The summed E-state index contributed by atoms with van der Waals surface area (Å²) in [4.78, 5) is 13.4. The Bertz CT molecular complexity index is 1700. The maximum Gasteiger partial charge on any atom is 0.220 e. The molecule has 2 aliphatic rings. The summed E-state index contributed by atoms with van der Waals surface area (Å²) in [5.41, 5.74) is 0. The summed E-state index contributed by atoms with van der Waals surface area (Å²) in [6.45, 7) is 2.86. The highest BCUT2D eigenvalue weighted by molar-refractivity contribution is 5.76. The fourth-order valence-electron chi connectivity index (χ4n) is 14.1. The van der Waals surface area contributed by atoms with E-state index in [1.807, 2.05) is 6.08 Å². The first-order valence-corrected chi connectivity index (χ1v) is 41.6. The molecule has 2 heterocycles. The molecule has 1 amide bonds. The standard InChI is InChI=1S/C82H157NO13/c1-3-5-7-9-11-13-15-17-19-21-23-25-27-29-31-33-34-35-36-38-40-42-44-46-48-50-52-54-56-58-60-62-64-66-74(87)83-70(69-93-81-79(92)77(90)80(73(68-85)95-81)96-82-78(91)76(89)75(88)72(67-84)94-82)71(86)65-63-61-59-57-55-53-51-49-47-45-43-41-39-37-32-30-28-26-24-22-20-18-16-14-12-10-8-6-4-2/h55,57,63,65,70-73,75-82,84-86,88-92H,3-54,56,58-62,64,66-69H2,1-2H3,(H,83,87)/b57-55+,65-63+. The Hall–Kier alpha value is -1.53. The van der Waals surface area contributed by atoms with E-state index in [9.17, 15) is 45.6 Å². The van der Waals surface area contributed by atoms with Crippen molar-refractivity contribution in [3.8, 4) is 0 Å². The first-order chi connectivity index (χ1) is 47.1. The molecule has 9 N–H and O–H groups in total. The summed E-state index contributed by atoms with van der Waals surface area (Å²) in [6.07, 6.45) is 70.0. The van der Waals surface area contributed by atoms with Gasteiger partial charge in [-0.1, -0.05) is 385 Å². The fourth-order valence-corrected chi connectivity index (χ4v) is 14.1. The fraction of sp³-hybridized carbons (Fsp3) is 0.939. The molecule has 0 aromatic heterocycles. The number of amides is 1. The van der Waals surface area contributed by atoms with Gasteiger partial charge >= 0.3 is 0 Å². The number of aliphatic hydroxyl groups is 8. The van der Waals surface area contributed by atoms with E-state index >= 15 is 0 Å². The van der Waals surface area contributed by atoms with E-state index in [0.29, 0.717) is 12.8 Å². The normalized spacial score (nSPS) is 22.3. The molecule has 14 nitrogen and oxygen atoms in total. The third-order valence-corrected chi connectivity index (χ3v) is 20.6. The highest BCUT2D eigenvalue weighted by Gasteiger charge is 2.51. The average molecular weight is 1370 g/mol. The minimum absolute atomic E-state index is 0.239. The van der Waals surface area contributed by atoms with Crippen molar-refractivity contribution in [2.45, 2.75) is 473 Å². The summed E-state index contributed by atoms with van der Waals surface area (Å²) in [6, 6.07) is -0.931. The molecular formula is C82H157NO13. The third kappa shape index (κ3) is 49.1. The third-order valence-electron chi connectivity index (χ3n) is 20.6. The van der Waals surface area contributed by atoms with Gasteiger partial charge in [0.25, 0.3) is 0 Å². The summed E-state index contributed by atoms with van der Waals surface area (Å²) in [5.74, 6) is -0.239. The van der Waals surface area contributed by atoms with Gasteiger partial charge < -0.3 is 65.1 Å². The molecule has 2 rings (SSSR count). The lowest BCUT2D eigenvalue weighted by atomic mass is 9.97. The highest BCUT2D eigenvalue weighted by atomic mass is 16.7. The van der Waals surface area contributed by atoms with Crippen molar-refractivity contribution in [3.05, 3.63) is 24.3 Å². The van der Waals surface area contributed by atoms with Gasteiger partial charge in [-0.15, -0.1) is 0 Å². The number of hydrogen-bond donors (Lipinski definition) is 9. The molecule has 0 aromatic rings. The molecule has 96 heavy (non-hydrogen) atoms. The quantitative estimate of drug-likeness (QED) is 0.0204. The van der Waals surface area contributed by atoms with Crippen LogP contribution in [0.2, 0.25) is 0 Å². The molecule has 2 fully saturated rings. The van der Waals surface area contributed by atoms with E-state index in [1.54, 1.807) is 6.08 Å². The zero-order chi connectivity index (χ0) is 69.4. The maximum atomic E-state index is 13.4. The number of unbranched alkanes of at least 4 members (excludes halogenated alkanes) is 56. The van der Waals surface area contributed by atoms with Gasteiger partial charge in [0, 0.05) is 6.42 Å². The average Bonchev–Trinajstić information content (AvgIpc) is 0.800. The summed E-state index contributed by atoms with van der Waals surface area (Å²) in [5, 5.41) is 87.7. The molecule has 0 spiro atoms. The largest absolute Gasteiger partial charge is 0.394 e. The van der Waals surface area contributed by atoms with Gasteiger partial charge in [-0.05, 0) is 32.1 Å². The van der Waals surface area contributed by atoms with Gasteiger partial charge in [-0.25, -0.2) is 0 Å². The van der Waals surface area contributed by atoms with Crippen LogP contribution in [-0.2, 0) is 23.7 Å². The van der Waals surface area contributed by atoms with Crippen molar-refractivity contribution < 1.29 is 64.6 Å². The number of hydrogen-bond acceptors (Lipinski definition) is 13. The van der Waals surface area contributed by atoms with E-state index in [-0.39, 0.29) is 18.9 Å². The number of aliphatic hydroxyl groups excluding tert-OH is 8. The molecule has 0 radical (unpaired) electrons. The second-order valence-electron chi connectivity index (χ2n) is 29.6. The van der Waals surface area contributed by atoms with E-state index in [2.05, 4.69) is 31.3 Å². The second-order valence-corrected chi connectivity index (χ2v) is 29.6. The molecule has 2 saturated heterocycles. The smallest absolute Gasteiger partial charge is 0.220 e. The van der Waals surface area contributed by atoms with Crippen molar-refractivity contribution in [2.24, 2.45) is 0 Å². The summed E-state index contributed by atoms with van der Waals surface area (Å²) >= 11 is 0. The number of ether oxygens (including phenoxy) is 4. The predicted octanol–water partition coefficient (Wildman–Crippen LogP) is 19.0. The Morgan fingerprint density at radius 3 is 1.02 bits per heavy atom. The van der Waals surface area contributed by atoms with E-state index < -0.39 is 86.8 Å². The van der Waals surface area contributed by atoms with Crippen molar-refractivity contribution in [1.82, 2.24) is 5.32 Å². The van der Waals surface area contributed by atoms with Crippen molar-refractivity contribution in [2.75, 3.05) is 19.8 Å². The number of nitrogens with one attached hydrogen (secondary N) is 1. The topological polar surface area (TPSA) is 228 Å². The molecule has 12 unspecified atom stereocenters. The minimum atomic E-state index is -1.79. The molecule has 2 aliphatic heterocycles. The van der Waals surface area contributed by atoms with Crippen LogP contribution in [0.3, 0.4) is 0 Å². The molecule has 14 heteroatoms. The monoisotopic (exact) mass is 1360 g/mol. The van der Waals surface area contributed by atoms with Gasteiger partial charge in [0.1, 0.15) is 48.8 Å². The van der Waals surface area contributed by atoms with E-state index in [0.717, 1.165) is 32.1 Å². The lowest BCUT2D eigenvalue weighted by molar-refractivity contribution is -0.359. The molecule has 0 bridgehead atoms. The van der Waals surface area contributed by atoms with Crippen molar-refractivity contribution in [1.29, 1.82) is 0 Å². The first-order valence-electron chi connectivity index (χ1n) is 41.6. The number of rotatable bonds is 71. The predicted molar refractivity (Wildman–Crippen MR) is 397 cm³/mol. The lowest BCUT2D eigenvalue weighted by Gasteiger charge is -2.46. The molecule has 0 aromatic carbocycles. The Morgan fingerprint density at radius 1 is 0.365 bits per heavy atom. The highest BCUT2D eigenvalue weighted by Crippen LogP contribution is 2.30. The van der Waals surface area contributed by atoms with Gasteiger partial charge in [-0.2, -0.15) is 0 Å². The Balaban J connectivity index is 1.61. The first kappa shape index (κ1) is 90.6. The molecule has 568 valence electrons. The maximum absolute atomic E-state index is 13.4. The van der Waals surface area contributed by atoms with Gasteiger partial charge in [-0.3, -0.25) is 4.79 Å². The van der Waals surface area contributed by atoms with Crippen molar-refractivity contribution >= 4 is 5.91 Å². The van der Waals surface area contributed by atoms with Crippen LogP contribution in [0.1, 0.15) is 399 Å². The van der Waals surface area contributed by atoms with Crippen LogP contribution in [0.15, 0.2) is 24.3 Å². The molecule has 0 aliphatic carbocycles. The van der Waals surface area contributed by atoms with Gasteiger partial charge in [0.2, 0.25) is 5.91 Å². The SMILES string of the molecule is CCCCCCCCCCCCCCCCCCCCCCCCC/C=C/CC/C=C/C(O)C(COC1OC(CO)C(OC2OC(CO)C(O)C(O)C2O)C(O)C1O)NC(=O)CCCCCCCCCCCCCCCCCCCCCCCCCCCCCCCCCCC. The van der Waals surface area contributed by atoms with Crippen molar-refractivity contribution in [3.63, 3.8) is 0 Å². The zero-order valence-electron chi connectivity index (χ0n) is 62.4. The van der Waals surface area contributed by atoms with E-state index in [1.165, 1.54) is 334 Å². The Morgan fingerprint density at radius 2 is 0.667 bits per heavy atom. The van der Waals surface area contributed by atoms with Crippen LogP contribution in [0, 0.1) is 0 Å².